The average Bonchev–Trinajstić information content (AvgIpc) is 2.32. The first-order chi connectivity index (χ1) is 8.48. The molecule has 1 N–H and O–H groups in total. The van der Waals surface area contributed by atoms with Crippen LogP contribution in [0.5, 0.6) is 5.75 Å². The number of halogens is 1. The van der Waals surface area contributed by atoms with Gasteiger partial charge in [0.25, 0.3) is 0 Å². The lowest BCUT2D eigenvalue weighted by Gasteiger charge is -2.24. The lowest BCUT2D eigenvalue weighted by atomic mass is 9.91. The van der Waals surface area contributed by atoms with Gasteiger partial charge in [-0.15, -0.1) is 0 Å². The SMILES string of the molecule is CCCCCC(C)(O)Cc1cc(OC)ccc1Br. The Labute approximate surface area is 118 Å². The van der Waals surface area contributed by atoms with Crippen molar-refractivity contribution in [2.75, 3.05) is 7.11 Å². The van der Waals surface area contributed by atoms with Crippen molar-refractivity contribution >= 4 is 15.9 Å². The van der Waals surface area contributed by atoms with Crippen LogP contribution in [0.2, 0.25) is 0 Å². The maximum atomic E-state index is 10.4. The van der Waals surface area contributed by atoms with Crippen LogP contribution in [0, 0.1) is 0 Å². The molecule has 0 radical (unpaired) electrons. The van der Waals surface area contributed by atoms with Crippen LogP contribution < -0.4 is 4.74 Å². The number of benzene rings is 1. The number of ether oxygens (including phenoxy) is 1. The van der Waals surface area contributed by atoms with Gasteiger partial charge in [-0.25, -0.2) is 0 Å². The largest absolute Gasteiger partial charge is 0.497 e. The van der Waals surface area contributed by atoms with Crippen molar-refractivity contribution in [3.8, 4) is 5.75 Å². The fraction of sp³-hybridized carbons (Fsp3) is 0.600. The summed E-state index contributed by atoms with van der Waals surface area (Å²) in [6.45, 7) is 4.09. The third-order valence-electron chi connectivity index (χ3n) is 3.14. The molecule has 0 aliphatic heterocycles. The number of rotatable bonds is 7. The van der Waals surface area contributed by atoms with Gasteiger partial charge in [0.2, 0.25) is 0 Å². The maximum Gasteiger partial charge on any atom is 0.119 e. The Balaban J connectivity index is 2.70. The fourth-order valence-electron chi connectivity index (χ4n) is 2.07. The predicted octanol–water partition coefficient (Wildman–Crippen LogP) is 4.33. The Morgan fingerprint density at radius 2 is 2.06 bits per heavy atom. The minimum Gasteiger partial charge on any atom is -0.497 e. The Kier molecular flexibility index (Phi) is 6.16. The molecule has 1 atom stereocenters. The van der Waals surface area contributed by atoms with E-state index in [0.717, 1.165) is 28.6 Å². The van der Waals surface area contributed by atoms with E-state index in [-0.39, 0.29) is 0 Å². The number of unbranched alkanes of at least 4 members (excludes halogenated alkanes) is 2. The first kappa shape index (κ1) is 15.5. The smallest absolute Gasteiger partial charge is 0.119 e. The van der Waals surface area contributed by atoms with Gasteiger partial charge in [-0.05, 0) is 37.1 Å². The van der Waals surface area contributed by atoms with E-state index in [4.69, 9.17) is 4.74 Å². The Hall–Kier alpha value is -0.540. The molecule has 0 aliphatic carbocycles. The summed E-state index contributed by atoms with van der Waals surface area (Å²) in [4.78, 5) is 0. The van der Waals surface area contributed by atoms with Crippen LogP contribution >= 0.6 is 15.9 Å². The highest BCUT2D eigenvalue weighted by molar-refractivity contribution is 9.10. The normalized spacial score (nSPS) is 14.3. The molecule has 0 amide bonds. The van der Waals surface area contributed by atoms with E-state index < -0.39 is 5.60 Å². The molecule has 0 saturated heterocycles. The number of hydrogen-bond acceptors (Lipinski definition) is 2. The summed E-state index contributed by atoms with van der Waals surface area (Å²) in [6.07, 6.45) is 4.92. The highest BCUT2D eigenvalue weighted by Gasteiger charge is 2.21. The topological polar surface area (TPSA) is 29.5 Å². The molecule has 1 unspecified atom stereocenters. The van der Waals surface area contributed by atoms with Gasteiger partial charge in [0, 0.05) is 10.9 Å². The second-order valence-corrected chi connectivity index (χ2v) is 5.94. The van der Waals surface area contributed by atoms with E-state index in [2.05, 4.69) is 22.9 Å². The molecule has 18 heavy (non-hydrogen) atoms. The highest BCUT2D eigenvalue weighted by atomic mass is 79.9. The molecule has 0 saturated carbocycles. The summed E-state index contributed by atoms with van der Waals surface area (Å²) in [5.74, 6) is 0.831. The molecule has 3 heteroatoms. The molecule has 1 aromatic carbocycles. The van der Waals surface area contributed by atoms with Gasteiger partial charge >= 0.3 is 0 Å². The summed E-state index contributed by atoms with van der Waals surface area (Å²) in [5, 5.41) is 10.4. The van der Waals surface area contributed by atoms with Crippen molar-refractivity contribution in [1.82, 2.24) is 0 Å². The van der Waals surface area contributed by atoms with E-state index in [1.807, 2.05) is 25.1 Å². The van der Waals surface area contributed by atoms with Crippen LogP contribution in [0.4, 0.5) is 0 Å². The summed E-state index contributed by atoms with van der Waals surface area (Å²) >= 11 is 3.53. The first-order valence-corrected chi connectivity index (χ1v) is 7.32. The highest BCUT2D eigenvalue weighted by Crippen LogP contribution is 2.28. The standard InChI is InChI=1S/C15H23BrO2/c1-4-5-6-9-15(2,17)11-12-10-13(18-3)7-8-14(12)16/h7-8,10,17H,4-6,9,11H2,1-3H3. The third-order valence-corrected chi connectivity index (χ3v) is 3.92. The monoisotopic (exact) mass is 314 g/mol. The van der Waals surface area contributed by atoms with Crippen molar-refractivity contribution in [1.29, 1.82) is 0 Å². The molecule has 2 nitrogen and oxygen atoms in total. The van der Waals surface area contributed by atoms with Crippen LogP contribution in [0.25, 0.3) is 0 Å². The lowest BCUT2D eigenvalue weighted by molar-refractivity contribution is 0.0484. The van der Waals surface area contributed by atoms with Crippen molar-refractivity contribution in [2.24, 2.45) is 0 Å². The van der Waals surface area contributed by atoms with Crippen LogP contribution in [-0.2, 0) is 6.42 Å². The van der Waals surface area contributed by atoms with E-state index in [9.17, 15) is 5.11 Å². The van der Waals surface area contributed by atoms with Crippen molar-refractivity contribution in [3.05, 3.63) is 28.2 Å². The van der Waals surface area contributed by atoms with Crippen LogP contribution in [-0.4, -0.2) is 17.8 Å². The quantitative estimate of drug-likeness (QED) is 0.759. The number of hydrogen-bond donors (Lipinski definition) is 1. The third kappa shape index (κ3) is 4.99. The van der Waals surface area contributed by atoms with Gasteiger partial charge in [0.05, 0.1) is 12.7 Å². The zero-order chi connectivity index (χ0) is 13.6. The van der Waals surface area contributed by atoms with Gasteiger partial charge in [-0.3, -0.25) is 0 Å². The van der Waals surface area contributed by atoms with Crippen molar-refractivity contribution < 1.29 is 9.84 Å². The van der Waals surface area contributed by atoms with E-state index in [1.165, 1.54) is 12.8 Å². The van der Waals surface area contributed by atoms with Gasteiger partial charge in [-0.2, -0.15) is 0 Å². The second kappa shape index (κ2) is 7.15. The summed E-state index contributed by atoms with van der Waals surface area (Å²) < 4.78 is 6.25. The summed E-state index contributed by atoms with van der Waals surface area (Å²) in [7, 11) is 1.66. The fourth-order valence-corrected chi connectivity index (χ4v) is 2.45. The Morgan fingerprint density at radius 1 is 1.33 bits per heavy atom. The van der Waals surface area contributed by atoms with Crippen molar-refractivity contribution in [2.45, 2.75) is 51.6 Å². The zero-order valence-electron chi connectivity index (χ0n) is 11.5. The minimum atomic E-state index is -0.649. The molecule has 0 spiro atoms. The molecular formula is C15H23BrO2. The van der Waals surface area contributed by atoms with E-state index >= 15 is 0 Å². The Bertz CT molecular complexity index is 375. The molecule has 1 aromatic rings. The van der Waals surface area contributed by atoms with Crippen molar-refractivity contribution in [3.63, 3.8) is 0 Å². The van der Waals surface area contributed by atoms with Crippen LogP contribution in [0.3, 0.4) is 0 Å². The molecule has 1 rings (SSSR count). The molecule has 102 valence electrons. The van der Waals surface area contributed by atoms with Gasteiger partial charge < -0.3 is 9.84 Å². The maximum absolute atomic E-state index is 10.4. The summed E-state index contributed by atoms with van der Waals surface area (Å²) in [5.41, 5.74) is 0.445. The second-order valence-electron chi connectivity index (χ2n) is 5.09. The molecule has 0 fully saturated rings. The molecule has 0 bridgehead atoms. The first-order valence-electron chi connectivity index (χ1n) is 6.53. The Morgan fingerprint density at radius 3 is 2.67 bits per heavy atom. The van der Waals surface area contributed by atoms with Gasteiger partial charge in [-0.1, -0.05) is 42.1 Å². The van der Waals surface area contributed by atoms with Crippen LogP contribution in [0.1, 0.15) is 45.1 Å². The number of methoxy groups -OCH3 is 1. The summed E-state index contributed by atoms with van der Waals surface area (Å²) in [6, 6.07) is 5.87. The lowest BCUT2D eigenvalue weighted by Crippen LogP contribution is -2.27. The average molecular weight is 315 g/mol. The molecule has 0 aliphatic rings. The van der Waals surface area contributed by atoms with Crippen LogP contribution in [0.15, 0.2) is 22.7 Å². The van der Waals surface area contributed by atoms with E-state index in [1.54, 1.807) is 7.11 Å². The molecule has 0 heterocycles. The molecular weight excluding hydrogens is 292 g/mol. The number of aliphatic hydroxyl groups is 1. The van der Waals surface area contributed by atoms with Gasteiger partial charge in [0.1, 0.15) is 5.75 Å². The predicted molar refractivity (Wildman–Crippen MR) is 79.2 cm³/mol. The molecule has 0 aromatic heterocycles. The van der Waals surface area contributed by atoms with E-state index in [0.29, 0.717) is 6.42 Å². The minimum absolute atomic E-state index is 0.647. The zero-order valence-corrected chi connectivity index (χ0v) is 13.1. The van der Waals surface area contributed by atoms with Gasteiger partial charge in [0.15, 0.2) is 0 Å².